The average molecular weight is 339 g/mol. The lowest BCUT2D eigenvalue weighted by Crippen LogP contribution is -2.27. The number of methoxy groups -OCH3 is 1. The van der Waals surface area contributed by atoms with E-state index in [4.69, 9.17) is 4.74 Å². The topological polar surface area (TPSA) is 29.5 Å². The maximum atomic E-state index is 11.8. The molecule has 0 N–H and O–H groups in total. The molecule has 2 rings (SSSR count). The van der Waals surface area contributed by atoms with Crippen molar-refractivity contribution < 1.29 is 9.53 Å². The predicted molar refractivity (Wildman–Crippen MR) is 105 cm³/mol. The van der Waals surface area contributed by atoms with Crippen LogP contribution in [0.15, 0.2) is 67.3 Å². The number of hydrogen-bond acceptors (Lipinski definition) is 2. The molecule has 2 aromatic carbocycles. The summed E-state index contributed by atoms with van der Waals surface area (Å²) in [5.41, 5.74) is 2.48. The van der Waals surface area contributed by atoms with Crippen LogP contribution >= 0.6 is 0 Å². The normalized spacial score (nSPS) is 9.56. The number of carbonyl (C=O) groups is 1. The zero-order chi connectivity index (χ0) is 18.5. The molecule has 3 nitrogen and oxygen atoms in total. The first-order valence-electron chi connectivity index (χ1n) is 8.56. The molecule has 0 aliphatic rings. The molecule has 0 saturated heterocycles. The summed E-state index contributed by atoms with van der Waals surface area (Å²) in [4.78, 5) is 13.6. The molecule has 0 radical (unpaired) electrons. The molecule has 2 aromatic rings. The van der Waals surface area contributed by atoms with Crippen molar-refractivity contribution in [3.63, 3.8) is 0 Å². The molecule has 0 bridgehead atoms. The number of ether oxygens (including phenoxy) is 1. The van der Waals surface area contributed by atoms with Gasteiger partial charge >= 0.3 is 0 Å². The lowest BCUT2D eigenvalue weighted by Gasteiger charge is -2.16. The molecule has 0 unspecified atom stereocenters. The Hall–Kier alpha value is -2.55. The van der Waals surface area contributed by atoms with E-state index in [1.807, 2.05) is 55.6 Å². The Morgan fingerprint density at radius 3 is 2.24 bits per heavy atom. The first-order valence-corrected chi connectivity index (χ1v) is 8.56. The Balaban J connectivity index is 0.000000370. The zero-order valence-corrected chi connectivity index (χ0v) is 15.6. The van der Waals surface area contributed by atoms with E-state index in [2.05, 4.69) is 25.6 Å². The third-order valence-electron chi connectivity index (χ3n) is 3.82. The van der Waals surface area contributed by atoms with Gasteiger partial charge in [-0.25, -0.2) is 0 Å². The number of nitrogens with zero attached hydrogens (tertiary/aromatic N) is 1. The van der Waals surface area contributed by atoms with Crippen LogP contribution in [0.25, 0.3) is 0 Å². The van der Waals surface area contributed by atoms with Gasteiger partial charge in [0.15, 0.2) is 0 Å². The highest BCUT2D eigenvalue weighted by Gasteiger charge is 2.07. The molecule has 1 amide bonds. The van der Waals surface area contributed by atoms with Crippen molar-refractivity contribution in [3.05, 3.63) is 78.4 Å². The van der Waals surface area contributed by atoms with Gasteiger partial charge in [0.1, 0.15) is 5.75 Å². The number of amides is 1. The van der Waals surface area contributed by atoms with Crippen LogP contribution in [-0.4, -0.2) is 31.5 Å². The summed E-state index contributed by atoms with van der Waals surface area (Å²) in [5.74, 6) is 1.01. The van der Waals surface area contributed by atoms with Crippen LogP contribution in [0.3, 0.4) is 0 Å². The summed E-state index contributed by atoms with van der Waals surface area (Å²) in [7, 11) is 3.48. The Labute approximate surface area is 151 Å². The summed E-state index contributed by atoms with van der Waals surface area (Å²) in [6, 6.07) is 18.1. The van der Waals surface area contributed by atoms with Crippen molar-refractivity contribution in [3.8, 4) is 5.75 Å². The summed E-state index contributed by atoms with van der Waals surface area (Å²) in [6.07, 6.45) is 3.97. The summed E-state index contributed by atoms with van der Waals surface area (Å²) >= 11 is 0. The van der Waals surface area contributed by atoms with Crippen molar-refractivity contribution in [1.29, 1.82) is 0 Å². The SMILES string of the molecule is C=CCCN(C)C(=O)CCc1ccc(OC)cc1.Cc1ccccc1. The molecule has 0 aromatic heterocycles. The number of hydrogen-bond donors (Lipinski definition) is 0. The molecular formula is C22H29NO2. The highest BCUT2D eigenvalue weighted by Crippen LogP contribution is 2.13. The minimum Gasteiger partial charge on any atom is -0.497 e. The Kier molecular flexibility index (Phi) is 9.76. The second-order valence-electron chi connectivity index (χ2n) is 5.90. The molecule has 0 saturated carbocycles. The third-order valence-corrected chi connectivity index (χ3v) is 3.82. The lowest BCUT2D eigenvalue weighted by molar-refractivity contribution is -0.129. The van der Waals surface area contributed by atoms with Crippen molar-refractivity contribution in [1.82, 2.24) is 4.90 Å². The van der Waals surface area contributed by atoms with Gasteiger partial charge in [0.25, 0.3) is 0 Å². The van der Waals surface area contributed by atoms with E-state index >= 15 is 0 Å². The predicted octanol–water partition coefficient (Wildman–Crippen LogP) is 4.66. The largest absolute Gasteiger partial charge is 0.497 e. The molecule has 3 heteroatoms. The fraction of sp³-hybridized carbons (Fsp3) is 0.318. The highest BCUT2D eigenvalue weighted by atomic mass is 16.5. The first-order chi connectivity index (χ1) is 12.1. The molecular weight excluding hydrogens is 310 g/mol. The molecule has 0 fully saturated rings. The summed E-state index contributed by atoms with van der Waals surface area (Å²) in [6.45, 7) is 6.48. The van der Waals surface area contributed by atoms with Crippen LogP contribution < -0.4 is 4.74 Å². The van der Waals surface area contributed by atoms with Gasteiger partial charge in [-0.05, 0) is 37.5 Å². The van der Waals surface area contributed by atoms with E-state index in [0.717, 1.165) is 30.7 Å². The van der Waals surface area contributed by atoms with E-state index in [1.54, 1.807) is 12.0 Å². The van der Waals surface area contributed by atoms with Gasteiger partial charge in [-0.3, -0.25) is 4.79 Å². The number of benzene rings is 2. The fourth-order valence-corrected chi connectivity index (χ4v) is 2.18. The standard InChI is InChI=1S/C15H21NO2.C7H8/c1-4-5-12-16(2)15(17)11-8-13-6-9-14(18-3)10-7-13;1-7-5-3-2-4-6-7/h4,6-7,9-10H,1,5,8,11-12H2,2-3H3;2-6H,1H3. The Morgan fingerprint density at radius 1 is 1.12 bits per heavy atom. The molecule has 0 atom stereocenters. The van der Waals surface area contributed by atoms with Crippen molar-refractivity contribution >= 4 is 5.91 Å². The molecule has 25 heavy (non-hydrogen) atoms. The van der Waals surface area contributed by atoms with E-state index in [0.29, 0.717) is 6.42 Å². The van der Waals surface area contributed by atoms with Crippen LogP contribution in [-0.2, 0) is 11.2 Å². The van der Waals surface area contributed by atoms with E-state index in [1.165, 1.54) is 5.56 Å². The van der Waals surface area contributed by atoms with Crippen molar-refractivity contribution in [2.75, 3.05) is 20.7 Å². The maximum absolute atomic E-state index is 11.8. The quantitative estimate of drug-likeness (QED) is 0.687. The first kappa shape index (κ1) is 20.5. The third kappa shape index (κ3) is 8.75. The Morgan fingerprint density at radius 2 is 1.76 bits per heavy atom. The maximum Gasteiger partial charge on any atom is 0.222 e. The lowest BCUT2D eigenvalue weighted by atomic mass is 10.1. The number of aryl methyl sites for hydroxylation is 2. The molecule has 0 heterocycles. The molecule has 0 aliphatic carbocycles. The van der Waals surface area contributed by atoms with Crippen molar-refractivity contribution in [2.45, 2.75) is 26.2 Å². The second-order valence-corrected chi connectivity index (χ2v) is 5.90. The van der Waals surface area contributed by atoms with Gasteiger partial charge in [-0.1, -0.05) is 54.1 Å². The summed E-state index contributed by atoms with van der Waals surface area (Å²) < 4.78 is 5.09. The van der Waals surface area contributed by atoms with Crippen LogP contribution in [0, 0.1) is 6.92 Å². The van der Waals surface area contributed by atoms with Crippen molar-refractivity contribution in [2.24, 2.45) is 0 Å². The summed E-state index contributed by atoms with van der Waals surface area (Å²) in [5, 5.41) is 0. The monoisotopic (exact) mass is 339 g/mol. The van der Waals surface area contributed by atoms with Gasteiger partial charge in [-0.2, -0.15) is 0 Å². The van der Waals surface area contributed by atoms with Crippen LogP contribution in [0.1, 0.15) is 24.0 Å². The van der Waals surface area contributed by atoms with Gasteiger partial charge < -0.3 is 9.64 Å². The number of carbonyl (C=O) groups excluding carboxylic acids is 1. The Bertz CT molecular complexity index is 620. The van der Waals surface area contributed by atoms with Gasteiger partial charge in [0.2, 0.25) is 5.91 Å². The molecule has 134 valence electrons. The van der Waals surface area contributed by atoms with E-state index < -0.39 is 0 Å². The zero-order valence-electron chi connectivity index (χ0n) is 15.6. The van der Waals surface area contributed by atoms with Crippen LogP contribution in [0.2, 0.25) is 0 Å². The fourth-order valence-electron chi connectivity index (χ4n) is 2.18. The highest BCUT2D eigenvalue weighted by molar-refractivity contribution is 5.76. The molecule has 0 spiro atoms. The minimum atomic E-state index is 0.174. The van der Waals surface area contributed by atoms with Gasteiger partial charge in [0, 0.05) is 20.0 Å². The molecule has 0 aliphatic heterocycles. The van der Waals surface area contributed by atoms with Gasteiger partial charge in [0.05, 0.1) is 7.11 Å². The van der Waals surface area contributed by atoms with Crippen LogP contribution in [0.4, 0.5) is 0 Å². The number of rotatable bonds is 7. The minimum absolute atomic E-state index is 0.174. The smallest absolute Gasteiger partial charge is 0.222 e. The van der Waals surface area contributed by atoms with E-state index in [-0.39, 0.29) is 5.91 Å². The second kappa shape index (κ2) is 11.9. The van der Waals surface area contributed by atoms with Gasteiger partial charge in [-0.15, -0.1) is 6.58 Å². The van der Waals surface area contributed by atoms with E-state index in [9.17, 15) is 4.79 Å². The van der Waals surface area contributed by atoms with Crippen LogP contribution in [0.5, 0.6) is 5.75 Å². The average Bonchev–Trinajstić information content (AvgIpc) is 2.65.